The summed E-state index contributed by atoms with van der Waals surface area (Å²) in [6.07, 6.45) is 3.28. The van der Waals surface area contributed by atoms with Gasteiger partial charge in [0.15, 0.2) is 5.76 Å². The van der Waals surface area contributed by atoms with E-state index in [9.17, 15) is 0 Å². The highest BCUT2D eigenvalue weighted by atomic mass is 16.3. The molecule has 1 aromatic heterocycles. The zero-order chi connectivity index (χ0) is 7.40. The number of aliphatic imine (C=N–C) groups is 1. The van der Waals surface area contributed by atoms with Crippen LogP contribution in [0.15, 0.2) is 40.5 Å². The molecule has 0 saturated carbocycles. The fourth-order valence-electron chi connectivity index (χ4n) is 0.726. The number of hydrogen-bond donors (Lipinski definition) is 0. The molecule has 0 atom stereocenters. The summed E-state index contributed by atoms with van der Waals surface area (Å²) in [4.78, 5) is 3.95. The van der Waals surface area contributed by atoms with Gasteiger partial charge in [0.2, 0.25) is 0 Å². The Balaban J connectivity index is 2.95. The Morgan fingerprint density at radius 3 is 3.00 bits per heavy atom. The molecule has 0 radical (unpaired) electrons. The third kappa shape index (κ3) is 1.16. The highest BCUT2D eigenvalue weighted by Gasteiger charge is 1.98. The van der Waals surface area contributed by atoms with Gasteiger partial charge in [-0.1, -0.05) is 6.58 Å². The van der Waals surface area contributed by atoms with Gasteiger partial charge in [0.05, 0.1) is 12.0 Å². The summed E-state index contributed by atoms with van der Waals surface area (Å²) in [6, 6.07) is 3.67. The van der Waals surface area contributed by atoms with E-state index in [4.69, 9.17) is 4.42 Å². The predicted octanol–water partition coefficient (Wildman–Crippen LogP) is 1.88. The maximum absolute atomic E-state index is 5.08. The Hall–Kier alpha value is -1.31. The van der Waals surface area contributed by atoms with E-state index in [-0.39, 0.29) is 0 Å². The van der Waals surface area contributed by atoms with Gasteiger partial charge in [0.1, 0.15) is 0 Å². The molecule has 0 amide bonds. The molecular weight excluding hydrogens is 126 g/mol. The van der Waals surface area contributed by atoms with E-state index in [0.717, 1.165) is 11.5 Å². The van der Waals surface area contributed by atoms with Gasteiger partial charge in [-0.15, -0.1) is 0 Å². The van der Waals surface area contributed by atoms with Crippen LogP contribution in [0.3, 0.4) is 0 Å². The van der Waals surface area contributed by atoms with Crippen LogP contribution in [0.1, 0.15) is 5.76 Å². The van der Waals surface area contributed by atoms with Crippen molar-refractivity contribution < 1.29 is 4.42 Å². The van der Waals surface area contributed by atoms with Gasteiger partial charge in [-0.25, -0.2) is 0 Å². The molecule has 0 aromatic carbocycles. The Morgan fingerprint density at radius 2 is 2.60 bits per heavy atom. The number of allylic oxidation sites excluding steroid dienone is 1. The molecule has 0 aliphatic rings. The Morgan fingerprint density at radius 1 is 1.80 bits per heavy atom. The second-order valence-corrected chi connectivity index (χ2v) is 1.79. The molecule has 0 unspecified atom stereocenters. The highest BCUT2D eigenvalue weighted by molar-refractivity contribution is 6.06. The minimum atomic E-state index is 0.762. The van der Waals surface area contributed by atoms with Crippen molar-refractivity contribution in [1.82, 2.24) is 0 Å². The molecule has 1 rings (SSSR count). The molecule has 2 nitrogen and oxygen atoms in total. The Kier molecular flexibility index (Phi) is 2.05. The van der Waals surface area contributed by atoms with E-state index in [2.05, 4.69) is 11.6 Å². The van der Waals surface area contributed by atoms with Crippen LogP contribution in [0.2, 0.25) is 0 Å². The predicted molar refractivity (Wildman–Crippen MR) is 41.4 cm³/mol. The van der Waals surface area contributed by atoms with Crippen LogP contribution in [-0.2, 0) is 0 Å². The summed E-state index contributed by atoms with van der Waals surface area (Å²) >= 11 is 0. The van der Waals surface area contributed by atoms with Crippen molar-refractivity contribution in [1.29, 1.82) is 0 Å². The van der Waals surface area contributed by atoms with Crippen molar-refractivity contribution in [3.05, 3.63) is 36.8 Å². The summed E-state index contributed by atoms with van der Waals surface area (Å²) in [5, 5.41) is 0. The Labute approximate surface area is 59.9 Å². The van der Waals surface area contributed by atoms with Gasteiger partial charge in [0.25, 0.3) is 0 Å². The Bertz CT molecular complexity index is 234. The van der Waals surface area contributed by atoms with E-state index in [1.807, 2.05) is 12.1 Å². The molecule has 0 spiro atoms. The normalized spacial score (nSPS) is 11.5. The second-order valence-electron chi connectivity index (χ2n) is 1.79. The maximum atomic E-state index is 5.08. The summed E-state index contributed by atoms with van der Waals surface area (Å²) in [5.41, 5.74) is 0.782. The molecule has 0 bridgehead atoms. The molecule has 10 heavy (non-hydrogen) atoms. The van der Waals surface area contributed by atoms with Crippen LogP contribution < -0.4 is 0 Å². The molecule has 0 aliphatic heterocycles. The molecule has 0 aliphatic carbocycles. The van der Waals surface area contributed by atoms with Gasteiger partial charge in [0, 0.05) is 7.05 Å². The first kappa shape index (κ1) is 6.81. The average molecular weight is 135 g/mol. The van der Waals surface area contributed by atoms with E-state index in [1.165, 1.54) is 0 Å². The number of furan rings is 1. The molecule has 1 aromatic rings. The summed E-state index contributed by atoms with van der Waals surface area (Å²) < 4.78 is 5.08. The minimum absolute atomic E-state index is 0.762. The van der Waals surface area contributed by atoms with E-state index in [0.29, 0.717) is 0 Å². The lowest BCUT2D eigenvalue weighted by Crippen LogP contribution is -1.91. The summed E-state index contributed by atoms with van der Waals surface area (Å²) in [7, 11) is 1.71. The first-order valence-corrected chi connectivity index (χ1v) is 3.01. The SMILES string of the molecule is C=CC(=NC)c1ccco1. The second kappa shape index (κ2) is 3.01. The van der Waals surface area contributed by atoms with Crippen LogP contribution in [0.5, 0.6) is 0 Å². The number of nitrogens with zero attached hydrogens (tertiary/aromatic N) is 1. The molecular formula is C8H9NO. The minimum Gasteiger partial charge on any atom is -0.463 e. The number of rotatable bonds is 2. The van der Waals surface area contributed by atoms with Crippen molar-refractivity contribution in [2.24, 2.45) is 4.99 Å². The summed E-state index contributed by atoms with van der Waals surface area (Å²) in [6.45, 7) is 3.60. The molecule has 2 heteroatoms. The van der Waals surface area contributed by atoms with Crippen LogP contribution in [-0.4, -0.2) is 12.8 Å². The quantitative estimate of drug-likeness (QED) is 0.568. The molecule has 0 saturated heterocycles. The third-order valence-corrected chi connectivity index (χ3v) is 1.21. The standard InChI is InChI=1S/C8H9NO/c1-3-7(9-2)8-5-4-6-10-8/h3-6H,1H2,2H3. The van der Waals surface area contributed by atoms with Gasteiger partial charge in [-0.05, 0) is 18.2 Å². The molecule has 0 fully saturated rings. The van der Waals surface area contributed by atoms with Crippen LogP contribution in [0.4, 0.5) is 0 Å². The van der Waals surface area contributed by atoms with Crippen molar-refractivity contribution in [3.63, 3.8) is 0 Å². The van der Waals surface area contributed by atoms with Crippen molar-refractivity contribution in [2.45, 2.75) is 0 Å². The lowest BCUT2D eigenvalue weighted by atomic mass is 10.3. The lowest BCUT2D eigenvalue weighted by Gasteiger charge is -1.90. The highest BCUT2D eigenvalue weighted by Crippen LogP contribution is 2.02. The van der Waals surface area contributed by atoms with Gasteiger partial charge in [-0.2, -0.15) is 0 Å². The largest absolute Gasteiger partial charge is 0.463 e. The smallest absolute Gasteiger partial charge is 0.151 e. The van der Waals surface area contributed by atoms with E-state index >= 15 is 0 Å². The topological polar surface area (TPSA) is 25.5 Å². The first-order chi connectivity index (χ1) is 4.88. The molecule has 0 N–H and O–H groups in total. The van der Waals surface area contributed by atoms with Crippen molar-refractivity contribution in [2.75, 3.05) is 7.05 Å². The van der Waals surface area contributed by atoms with Gasteiger partial charge >= 0.3 is 0 Å². The molecule has 52 valence electrons. The van der Waals surface area contributed by atoms with Crippen LogP contribution >= 0.6 is 0 Å². The lowest BCUT2D eigenvalue weighted by molar-refractivity contribution is 0.558. The average Bonchev–Trinajstić information content (AvgIpc) is 2.43. The third-order valence-electron chi connectivity index (χ3n) is 1.21. The van der Waals surface area contributed by atoms with Gasteiger partial charge < -0.3 is 4.42 Å². The maximum Gasteiger partial charge on any atom is 0.151 e. The zero-order valence-corrected chi connectivity index (χ0v) is 5.87. The summed E-state index contributed by atoms with van der Waals surface area (Å²) in [5.74, 6) is 0.762. The van der Waals surface area contributed by atoms with E-state index < -0.39 is 0 Å². The monoisotopic (exact) mass is 135 g/mol. The van der Waals surface area contributed by atoms with Crippen molar-refractivity contribution >= 4 is 5.71 Å². The first-order valence-electron chi connectivity index (χ1n) is 3.01. The zero-order valence-electron chi connectivity index (χ0n) is 5.87. The van der Waals surface area contributed by atoms with Crippen LogP contribution in [0, 0.1) is 0 Å². The number of hydrogen-bond acceptors (Lipinski definition) is 2. The molecule has 1 heterocycles. The fourth-order valence-corrected chi connectivity index (χ4v) is 0.726. The van der Waals surface area contributed by atoms with Gasteiger partial charge in [-0.3, -0.25) is 4.99 Å². The van der Waals surface area contributed by atoms with E-state index in [1.54, 1.807) is 19.4 Å². The van der Waals surface area contributed by atoms with Crippen molar-refractivity contribution in [3.8, 4) is 0 Å². The fraction of sp³-hybridized carbons (Fsp3) is 0.125. The van der Waals surface area contributed by atoms with Crippen LogP contribution in [0.25, 0.3) is 0 Å².